The summed E-state index contributed by atoms with van der Waals surface area (Å²) in [5, 5.41) is 0. The molecule has 0 unspecified atom stereocenters. The van der Waals surface area contributed by atoms with Crippen LogP contribution in [0.1, 0.15) is 6.92 Å². The molecule has 0 aromatic carbocycles. The second kappa shape index (κ2) is 2.51. The number of nitrogens with zero attached hydrogens (tertiary/aromatic N) is 1. The Bertz CT molecular complexity index is 196. The third-order valence-electron chi connectivity index (χ3n) is 1.23. The van der Waals surface area contributed by atoms with Crippen molar-refractivity contribution in [2.24, 2.45) is 0 Å². The summed E-state index contributed by atoms with van der Waals surface area (Å²) in [7, 11) is 0. The minimum Gasteiger partial charge on any atom is -0.396 e. The molecule has 0 atom stereocenters. The monoisotopic (exact) mass is 140 g/mol. The Morgan fingerprint density at radius 2 is 1.90 bits per heavy atom. The Labute approximate surface area is 59.8 Å². The van der Waals surface area contributed by atoms with Crippen LogP contribution in [0.2, 0.25) is 0 Å². The van der Waals surface area contributed by atoms with Gasteiger partial charge in [0.15, 0.2) is 0 Å². The molecule has 1 aromatic rings. The zero-order chi connectivity index (χ0) is 7.56. The summed E-state index contributed by atoms with van der Waals surface area (Å²) >= 11 is 0. The molecule has 0 aliphatic carbocycles. The summed E-state index contributed by atoms with van der Waals surface area (Å²) in [6.07, 6.45) is 3.50. The number of hydrogen-bond donors (Lipinski definition) is 3. The predicted molar refractivity (Wildman–Crippen MR) is 43.2 cm³/mol. The van der Waals surface area contributed by atoms with Gasteiger partial charge < -0.3 is 16.9 Å². The van der Waals surface area contributed by atoms with Gasteiger partial charge in [-0.3, -0.25) is 4.68 Å². The predicted octanol–water partition coefficient (Wildman–Crippen LogP) is 0.216. The van der Waals surface area contributed by atoms with Crippen LogP contribution in [-0.2, 0) is 0 Å². The van der Waals surface area contributed by atoms with Gasteiger partial charge in [-0.1, -0.05) is 0 Å². The number of nitrogens with two attached hydrogens (primary N) is 2. The summed E-state index contributed by atoms with van der Waals surface area (Å²) in [5.41, 5.74) is 15.2. The quantitative estimate of drug-likeness (QED) is 0.550. The molecule has 0 bridgehead atoms. The SMILES string of the molecule is CCNn1cc(N)c(N)c1. The van der Waals surface area contributed by atoms with E-state index in [-0.39, 0.29) is 0 Å². The van der Waals surface area contributed by atoms with Crippen LogP contribution in [0.5, 0.6) is 0 Å². The van der Waals surface area contributed by atoms with Gasteiger partial charge in [0.2, 0.25) is 0 Å². The first-order valence-electron chi connectivity index (χ1n) is 3.21. The van der Waals surface area contributed by atoms with Gasteiger partial charge in [0.1, 0.15) is 0 Å². The summed E-state index contributed by atoms with van der Waals surface area (Å²) < 4.78 is 1.75. The molecule has 0 saturated heterocycles. The molecule has 0 spiro atoms. The van der Waals surface area contributed by atoms with Crippen LogP contribution in [0.3, 0.4) is 0 Å². The average molecular weight is 140 g/mol. The molecule has 0 aliphatic rings. The zero-order valence-corrected chi connectivity index (χ0v) is 5.96. The highest BCUT2D eigenvalue weighted by molar-refractivity contribution is 5.61. The number of anilines is 2. The van der Waals surface area contributed by atoms with E-state index in [4.69, 9.17) is 11.5 Å². The van der Waals surface area contributed by atoms with Gasteiger partial charge >= 0.3 is 0 Å². The van der Waals surface area contributed by atoms with Gasteiger partial charge in [0.25, 0.3) is 0 Å². The summed E-state index contributed by atoms with van der Waals surface area (Å²) in [5.74, 6) is 0. The molecule has 1 heterocycles. The molecule has 5 N–H and O–H groups in total. The van der Waals surface area contributed by atoms with Gasteiger partial charge in [0.05, 0.1) is 23.8 Å². The van der Waals surface area contributed by atoms with E-state index in [2.05, 4.69) is 5.43 Å². The fourth-order valence-electron chi connectivity index (χ4n) is 0.760. The van der Waals surface area contributed by atoms with Crippen molar-refractivity contribution in [1.82, 2.24) is 4.68 Å². The van der Waals surface area contributed by atoms with Crippen LogP contribution < -0.4 is 16.9 Å². The fourth-order valence-corrected chi connectivity index (χ4v) is 0.760. The smallest absolute Gasteiger partial charge is 0.0749 e. The van der Waals surface area contributed by atoms with Crippen LogP contribution >= 0.6 is 0 Å². The van der Waals surface area contributed by atoms with Gasteiger partial charge in [-0.05, 0) is 6.92 Å². The molecule has 0 amide bonds. The lowest BCUT2D eigenvalue weighted by atomic mass is 10.5. The van der Waals surface area contributed by atoms with Crippen LogP contribution in [0, 0.1) is 0 Å². The first kappa shape index (κ1) is 6.80. The molecule has 56 valence electrons. The maximum Gasteiger partial charge on any atom is 0.0749 e. The number of rotatable bonds is 2. The maximum absolute atomic E-state index is 5.49. The van der Waals surface area contributed by atoms with E-state index < -0.39 is 0 Å². The zero-order valence-electron chi connectivity index (χ0n) is 5.96. The van der Waals surface area contributed by atoms with Gasteiger partial charge in [-0.2, -0.15) is 0 Å². The van der Waals surface area contributed by atoms with Crippen molar-refractivity contribution in [3.63, 3.8) is 0 Å². The van der Waals surface area contributed by atoms with E-state index in [1.807, 2.05) is 6.92 Å². The molecule has 10 heavy (non-hydrogen) atoms. The lowest BCUT2D eigenvalue weighted by Crippen LogP contribution is -2.10. The molecule has 0 fully saturated rings. The van der Waals surface area contributed by atoms with Crippen LogP contribution in [0.25, 0.3) is 0 Å². The van der Waals surface area contributed by atoms with Gasteiger partial charge in [-0.25, -0.2) is 0 Å². The normalized spacial score (nSPS) is 9.70. The second-order valence-corrected chi connectivity index (χ2v) is 2.09. The first-order valence-corrected chi connectivity index (χ1v) is 3.21. The highest BCUT2D eigenvalue weighted by Crippen LogP contribution is 2.12. The molecule has 0 saturated carbocycles. The summed E-state index contributed by atoms with van der Waals surface area (Å²) in [4.78, 5) is 0. The minimum atomic E-state index is 0.612. The summed E-state index contributed by atoms with van der Waals surface area (Å²) in [6, 6.07) is 0. The van der Waals surface area contributed by atoms with E-state index in [0.717, 1.165) is 6.54 Å². The lowest BCUT2D eigenvalue weighted by Gasteiger charge is -2.00. The molecule has 1 aromatic heterocycles. The largest absolute Gasteiger partial charge is 0.396 e. The number of nitrogens with one attached hydrogen (secondary N) is 1. The van der Waals surface area contributed by atoms with Gasteiger partial charge in [0, 0.05) is 6.54 Å². The molecule has 4 heteroatoms. The Morgan fingerprint density at radius 1 is 1.40 bits per heavy atom. The lowest BCUT2D eigenvalue weighted by molar-refractivity contribution is 0.873. The Balaban J connectivity index is 2.77. The summed E-state index contributed by atoms with van der Waals surface area (Å²) in [6.45, 7) is 2.86. The van der Waals surface area contributed by atoms with E-state index in [0.29, 0.717) is 11.4 Å². The van der Waals surface area contributed by atoms with Crippen molar-refractivity contribution in [2.45, 2.75) is 6.92 Å². The van der Waals surface area contributed by atoms with Crippen LogP contribution in [0.4, 0.5) is 11.4 Å². The highest BCUT2D eigenvalue weighted by Gasteiger charge is 1.95. The molecule has 1 rings (SSSR count). The van der Waals surface area contributed by atoms with Gasteiger partial charge in [-0.15, -0.1) is 0 Å². The van der Waals surface area contributed by atoms with Crippen molar-refractivity contribution in [2.75, 3.05) is 23.4 Å². The third-order valence-corrected chi connectivity index (χ3v) is 1.23. The maximum atomic E-state index is 5.49. The Morgan fingerprint density at radius 3 is 2.30 bits per heavy atom. The number of nitrogen functional groups attached to an aromatic ring is 2. The molecular weight excluding hydrogens is 128 g/mol. The molecule has 0 aliphatic heterocycles. The molecule has 0 radical (unpaired) electrons. The average Bonchev–Trinajstić information content (AvgIpc) is 2.14. The topological polar surface area (TPSA) is 69.0 Å². The molecule has 4 nitrogen and oxygen atoms in total. The third kappa shape index (κ3) is 1.15. The highest BCUT2D eigenvalue weighted by atomic mass is 15.4. The van der Waals surface area contributed by atoms with Crippen molar-refractivity contribution < 1.29 is 0 Å². The Hall–Kier alpha value is -1.32. The fraction of sp³-hybridized carbons (Fsp3) is 0.333. The van der Waals surface area contributed by atoms with Crippen molar-refractivity contribution in [1.29, 1.82) is 0 Å². The van der Waals surface area contributed by atoms with E-state index >= 15 is 0 Å². The molecular formula is C6H12N4. The van der Waals surface area contributed by atoms with Crippen molar-refractivity contribution in [3.05, 3.63) is 12.4 Å². The Kier molecular flexibility index (Phi) is 1.71. The number of aromatic nitrogens is 1. The van der Waals surface area contributed by atoms with Crippen LogP contribution in [0.15, 0.2) is 12.4 Å². The standard InChI is InChI=1S/C6H12N4/c1-2-9-10-3-5(7)6(8)4-10/h3-4,9H,2,7-8H2,1H3. The van der Waals surface area contributed by atoms with E-state index in [9.17, 15) is 0 Å². The van der Waals surface area contributed by atoms with Crippen LogP contribution in [-0.4, -0.2) is 11.2 Å². The first-order chi connectivity index (χ1) is 4.74. The second-order valence-electron chi connectivity index (χ2n) is 2.09. The van der Waals surface area contributed by atoms with Crippen molar-refractivity contribution in [3.8, 4) is 0 Å². The van der Waals surface area contributed by atoms with E-state index in [1.165, 1.54) is 0 Å². The van der Waals surface area contributed by atoms with Crippen molar-refractivity contribution >= 4 is 11.4 Å². The van der Waals surface area contributed by atoms with E-state index in [1.54, 1.807) is 17.1 Å². The minimum absolute atomic E-state index is 0.612. The number of hydrogen-bond acceptors (Lipinski definition) is 3.